The molecule has 4 nitrogen and oxygen atoms in total. The number of benzene rings is 1. The molecule has 0 radical (unpaired) electrons. The Hall–Kier alpha value is -1.49. The van der Waals surface area contributed by atoms with Crippen LogP contribution in [0.1, 0.15) is 0 Å². The maximum absolute atomic E-state index is 3.92. The van der Waals surface area contributed by atoms with Gasteiger partial charge in [0.05, 0.1) is 5.52 Å². The molecule has 0 aliphatic rings. The first-order valence-corrected chi connectivity index (χ1v) is 4.90. The Kier molecular flexibility index (Phi) is 1.55. The van der Waals surface area contributed by atoms with E-state index in [9.17, 15) is 0 Å². The normalized spacial score (nSPS) is 11.2. The van der Waals surface area contributed by atoms with E-state index in [2.05, 4.69) is 31.5 Å². The van der Waals surface area contributed by atoms with E-state index in [1.54, 1.807) is 4.52 Å². The second-order valence-electron chi connectivity index (χ2n) is 2.99. The lowest BCUT2D eigenvalue weighted by Crippen LogP contribution is -1.89. The monoisotopic (exact) mass is 248 g/mol. The smallest absolute Gasteiger partial charge is 0.179 e. The fraction of sp³-hybridized carbons (Fsp3) is 0. The molecule has 2 aromatic heterocycles. The highest BCUT2D eigenvalue weighted by atomic mass is 79.9. The van der Waals surface area contributed by atoms with Gasteiger partial charge in [0.25, 0.3) is 0 Å². The van der Waals surface area contributed by atoms with Crippen molar-refractivity contribution in [1.82, 2.24) is 20.0 Å². The summed E-state index contributed by atoms with van der Waals surface area (Å²) < 4.78 is 2.78. The fourth-order valence-electron chi connectivity index (χ4n) is 1.49. The van der Waals surface area contributed by atoms with Crippen molar-refractivity contribution in [2.45, 2.75) is 0 Å². The predicted octanol–water partition coefficient (Wildman–Crippen LogP) is 2.04. The summed E-state index contributed by atoms with van der Waals surface area (Å²) in [4.78, 5) is 0. The molecular weight excluding hydrogens is 244 g/mol. The molecule has 3 aromatic rings. The van der Waals surface area contributed by atoms with Gasteiger partial charge in [-0.15, -0.1) is 5.10 Å². The second-order valence-corrected chi connectivity index (χ2v) is 3.90. The van der Waals surface area contributed by atoms with Crippen molar-refractivity contribution in [2.75, 3.05) is 0 Å². The summed E-state index contributed by atoms with van der Waals surface area (Å²) in [5, 5.41) is 12.5. The SMILES string of the molecule is Brc1ccc2c(ccc3nnnn32)c1. The highest BCUT2D eigenvalue weighted by Gasteiger charge is 2.02. The standard InChI is InChI=1S/C9H5BrN4/c10-7-2-3-8-6(5-7)1-4-9-11-12-13-14(8)9/h1-5H. The Morgan fingerprint density at radius 2 is 2.07 bits per heavy atom. The molecule has 14 heavy (non-hydrogen) atoms. The van der Waals surface area contributed by atoms with E-state index in [1.807, 2.05) is 30.3 Å². The molecule has 3 rings (SSSR count). The first-order chi connectivity index (χ1) is 6.84. The largest absolute Gasteiger partial charge is 0.193 e. The molecule has 5 heteroatoms. The quantitative estimate of drug-likeness (QED) is 0.612. The second kappa shape index (κ2) is 2.75. The van der Waals surface area contributed by atoms with Crippen LogP contribution in [0.2, 0.25) is 0 Å². The van der Waals surface area contributed by atoms with E-state index in [1.165, 1.54) is 0 Å². The third kappa shape index (κ3) is 1.02. The molecule has 0 aliphatic carbocycles. The van der Waals surface area contributed by atoms with Gasteiger partial charge in [0.2, 0.25) is 0 Å². The van der Waals surface area contributed by atoms with E-state index < -0.39 is 0 Å². The summed E-state index contributed by atoms with van der Waals surface area (Å²) in [7, 11) is 0. The van der Waals surface area contributed by atoms with Gasteiger partial charge in [-0.1, -0.05) is 15.9 Å². The number of tetrazole rings is 1. The van der Waals surface area contributed by atoms with Gasteiger partial charge < -0.3 is 0 Å². The molecule has 0 aliphatic heterocycles. The van der Waals surface area contributed by atoms with Gasteiger partial charge >= 0.3 is 0 Å². The molecule has 0 atom stereocenters. The van der Waals surface area contributed by atoms with Gasteiger partial charge in [0.1, 0.15) is 0 Å². The average Bonchev–Trinajstić information content (AvgIpc) is 2.65. The molecule has 0 spiro atoms. The van der Waals surface area contributed by atoms with Crippen LogP contribution in [0.25, 0.3) is 16.6 Å². The summed E-state index contributed by atoms with van der Waals surface area (Å²) in [6.07, 6.45) is 0. The van der Waals surface area contributed by atoms with E-state index in [0.29, 0.717) is 0 Å². The van der Waals surface area contributed by atoms with Gasteiger partial charge in [-0.2, -0.15) is 4.52 Å². The van der Waals surface area contributed by atoms with Gasteiger partial charge in [0, 0.05) is 9.86 Å². The highest BCUT2D eigenvalue weighted by Crippen LogP contribution is 2.19. The number of halogens is 1. The molecule has 0 saturated heterocycles. The third-order valence-electron chi connectivity index (χ3n) is 2.12. The van der Waals surface area contributed by atoms with Crippen LogP contribution in [-0.2, 0) is 0 Å². The molecule has 0 unspecified atom stereocenters. The predicted molar refractivity (Wildman–Crippen MR) is 56.0 cm³/mol. The van der Waals surface area contributed by atoms with Crippen LogP contribution < -0.4 is 0 Å². The van der Waals surface area contributed by atoms with Crippen molar-refractivity contribution in [1.29, 1.82) is 0 Å². The van der Waals surface area contributed by atoms with E-state index in [-0.39, 0.29) is 0 Å². The number of hydrogen-bond donors (Lipinski definition) is 0. The van der Waals surface area contributed by atoms with Crippen LogP contribution in [0.4, 0.5) is 0 Å². The Balaban J connectivity index is 2.57. The fourth-order valence-corrected chi connectivity index (χ4v) is 1.86. The van der Waals surface area contributed by atoms with E-state index >= 15 is 0 Å². The lowest BCUT2D eigenvalue weighted by Gasteiger charge is -1.99. The minimum Gasteiger partial charge on any atom is -0.193 e. The van der Waals surface area contributed by atoms with Gasteiger partial charge in [-0.3, -0.25) is 0 Å². The molecule has 68 valence electrons. The van der Waals surface area contributed by atoms with Crippen molar-refractivity contribution < 1.29 is 0 Å². The molecule has 1 aromatic carbocycles. The van der Waals surface area contributed by atoms with E-state index in [4.69, 9.17) is 0 Å². The topological polar surface area (TPSA) is 43.1 Å². The average molecular weight is 249 g/mol. The van der Waals surface area contributed by atoms with Crippen LogP contribution in [0.15, 0.2) is 34.8 Å². The zero-order valence-corrected chi connectivity index (χ0v) is 8.64. The van der Waals surface area contributed by atoms with Gasteiger partial charge in [-0.25, -0.2) is 0 Å². The van der Waals surface area contributed by atoms with Crippen LogP contribution in [-0.4, -0.2) is 20.0 Å². The van der Waals surface area contributed by atoms with Crippen molar-refractivity contribution in [2.24, 2.45) is 0 Å². The van der Waals surface area contributed by atoms with Gasteiger partial charge in [-0.05, 0) is 40.8 Å². The number of rotatable bonds is 0. The number of aromatic nitrogens is 4. The Morgan fingerprint density at radius 1 is 1.14 bits per heavy atom. The molecule has 0 fully saturated rings. The Labute approximate surface area is 87.7 Å². The molecule has 0 saturated carbocycles. The van der Waals surface area contributed by atoms with Crippen molar-refractivity contribution in [3.63, 3.8) is 0 Å². The molecule has 2 heterocycles. The molecule has 0 bridgehead atoms. The summed E-state index contributed by atoms with van der Waals surface area (Å²) in [5.74, 6) is 0. The summed E-state index contributed by atoms with van der Waals surface area (Å²) >= 11 is 3.43. The molecule has 0 amide bonds. The molecular formula is C9H5BrN4. The maximum atomic E-state index is 3.92. The van der Waals surface area contributed by atoms with Gasteiger partial charge in [0.15, 0.2) is 5.65 Å². The minimum atomic E-state index is 0.764. The van der Waals surface area contributed by atoms with Crippen LogP contribution >= 0.6 is 15.9 Å². The third-order valence-corrected chi connectivity index (χ3v) is 2.62. The summed E-state index contributed by atoms with van der Waals surface area (Å²) in [5.41, 5.74) is 1.77. The lowest BCUT2D eigenvalue weighted by atomic mass is 10.2. The van der Waals surface area contributed by atoms with Crippen molar-refractivity contribution in [3.8, 4) is 0 Å². The van der Waals surface area contributed by atoms with Crippen molar-refractivity contribution >= 4 is 32.5 Å². The zero-order chi connectivity index (χ0) is 9.54. The van der Waals surface area contributed by atoms with E-state index in [0.717, 1.165) is 21.0 Å². The minimum absolute atomic E-state index is 0.764. The Bertz CT molecular complexity index is 616. The Morgan fingerprint density at radius 3 is 3.00 bits per heavy atom. The zero-order valence-electron chi connectivity index (χ0n) is 7.05. The van der Waals surface area contributed by atoms with Crippen LogP contribution in [0.5, 0.6) is 0 Å². The van der Waals surface area contributed by atoms with Crippen molar-refractivity contribution in [3.05, 3.63) is 34.8 Å². The first-order valence-electron chi connectivity index (χ1n) is 4.11. The number of fused-ring (bicyclic) bond motifs is 3. The number of hydrogen-bond acceptors (Lipinski definition) is 3. The number of nitrogens with zero attached hydrogens (tertiary/aromatic N) is 4. The highest BCUT2D eigenvalue weighted by molar-refractivity contribution is 9.10. The summed E-state index contributed by atoms with van der Waals surface area (Å²) in [6, 6.07) is 9.91. The molecule has 0 N–H and O–H groups in total. The lowest BCUT2D eigenvalue weighted by molar-refractivity contribution is 0.841. The first kappa shape index (κ1) is 7.87. The van der Waals surface area contributed by atoms with Crippen LogP contribution in [0.3, 0.4) is 0 Å². The summed E-state index contributed by atoms with van der Waals surface area (Å²) in [6.45, 7) is 0. The van der Waals surface area contributed by atoms with Crippen LogP contribution in [0, 0.1) is 0 Å². The number of pyridine rings is 1. The maximum Gasteiger partial charge on any atom is 0.179 e.